The topological polar surface area (TPSA) is 54.5 Å². The maximum atomic E-state index is 4.50. The van der Waals surface area contributed by atoms with Crippen LogP contribution in [0.4, 0.5) is 0 Å². The molecule has 0 aromatic carbocycles. The van der Waals surface area contributed by atoms with Crippen LogP contribution in [0.5, 0.6) is 0 Å². The Morgan fingerprint density at radius 2 is 1.95 bits per heavy atom. The number of aromatic nitrogens is 4. The number of aryl methyl sites for hydroxylation is 2. The van der Waals surface area contributed by atoms with Gasteiger partial charge in [0.15, 0.2) is 5.82 Å². The molecule has 3 aromatic heterocycles. The van der Waals surface area contributed by atoms with Crippen molar-refractivity contribution in [2.45, 2.75) is 13.8 Å². The van der Waals surface area contributed by atoms with Crippen molar-refractivity contribution in [3.8, 4) is 22.6 Å². The first-order chi connectivity index (χ1) is 9.63. The summed E-state index contributed by atoms with van der Waals surface area (Å²) in [5.74, 6) is 0.806. The Hall–Kier alpha value is -1.76. The highest BCUT2D eigenvalue weighted by atomic mass is 127. The first-order valence-electron chi connectivity index (χ1n) is 6.24. The fourth-order valence-electron chi connectivity index (χ4n) is 1.98. The zero-order valence-electron chi connectivity index (χ0n) is 11.2. The van der Waals surface area contributed by atoms with Gasteiger partial charge >= 0.3 is 0 Å². The summed E-state index contributed by atoms with van der Waals surface area (Å²) >= 11 is 2.26. The van der Waals surface area contributed by atoms with Crippen LogP contribution in [-0.2, 0) is 0 Å². The second-order valence-corrected chi connectivity index (χ2v) is 5.86. The van der Waals surface area contributed by atoms with Gasteiger partial charge in [-0.3, -0.25) is 9.97 Å². The zero-order valence-corrected chi connectivity index (χ0v) is 13.3. The molecule has 1 N–H and O–H groups in total. The molecular weight excluding hydrogens is 363 g/mol. The zero-order chi connectivity index (χ0) is 14.1. The molecule has 0 saturated heterocycles. The summed E-state index contributed by atoms with van der Waals surface area (Å²) in [4.78, 5) is 16.4. The van der Waals surface area contributed by atoms with Crippen molar-refractivity contribution < 1.29 is 0 Å². The van der Waals surface area contributed by atoms with Crippen molar-refractivity contribution in [1.82, 2.24) is 19.9 Å². The van der Waals surface area contributed by atoms with Crippen molar-refractivity contribution in [2.75, 3.05) is 0 Å². The molecule has 0 aliphatic heterocycles. The van der Waals surface area contributed by atoms with Crippen LogP contribution in [0, 0.1) is 17.4 Å². The van der Waals surface area contributed by atoms with Gasteiger partial charge in [-0.2, -0.15) is 0 Å². The maximum Gasteiger partial charge on any atom is 0.156 e. The predicted octanol–water partition coefficient (Wildman–Crippen LogP) is 3.76. The largest absolute Gasteiger partial charge is 0.341 e. The Labute approximate surface area is 130 Å². The van der Waals surface area contributed by atoms with Crippen LogP contribution >= 0.6 is 22.6 Å². The first-order valence-corrected chi connectivity index (χ1v) is 7.32. The molecule has 0 aliphatic carbocycles. The summed E-state index contributed by atoms with van der Waals surface area (Å²) in [5.41, 5.74) is 5.09. The third-order valence-corrected chi connectivity index (χ3v) is 3.76. The number of halogens is 1. The first kappa shape index (κ1) is 13.2. The number of nitrogens with zero attached hydrogens (tertiary/aromatic N) is 3. The van der Waals surface area contributed by atoms with Crippen molar-refractivity contribution in [1.29, 1.82) is 0 Å². The van der Waals surface area contributed by atoms with Crippen molar-refractivity contribution in [3.05, 3.63) is 51.7 Å². The predicted molar refractivity (Wildman–Crippen MR) is 87.2 cm³/mol. The van der Waals surface area contributed by atoms with Crippen LogP contribution in [0.25, 0.3) is 22.6 Å². The highest BCUT2D eigenvalue weighted by molar-refractivity contribution is 14.1. The van der Waals surface area contributed by atoms with Gasteiger partial charge in [-0.1, -0.05) is 0 Å². The minimum Gasteiger partial charge on any atom is -0.341 e. The molecule has 4 nitrogen and oxygen atoms in total. The molecule has 0 aliphatic rings. The number of pyridine rings is 2. The van der Waals surface area contributed by atoms with E-state index in [-0.39, 0.29) is 0 Å². The van der Waals surface area contributed by atoms with Crippen LogP contribution in [0.1, 0.15) is 11.4 Å². The quantitative estimate of drug-likeness (QED) is 0.693. The van der Waals surface area contributed by atoms with Gasteiger partial charge in [-0.25, -0.2) is 4.98 Å². The van der Waals surface area contributed by atoms with Crippen LogP contribution in [-0.4, -0.2) is 19.9 Å². The number of H-pyrrole nitrogens is 1. The van der Waals surface area contributed by atoms with Gasteiger partial charge in [0, 0.05) is 33.4 Å². The Morgan fingerprint density at radius 1 is 1.10 bits per heavy atom. The van der Waals surface area contributed by atoms with E-state index in [2.05, 4.69) is 48.6 Å². The Kier molecular flexibility index (Phi) is 3.52. The lowest BCUT2D eigenvalue weighted by molar-refractivity contribution is 1.20. The highest BCUT2D eigenvalue weighted by Gasteiger charge is 2.08. The van der Waals surface area contributed by atoms with Gasteiger partial charge in [0.25, 0.3) is 0 Å². The molecule has 0 fully saturated rings. The molecule has 0 unspecified atom stereocenters. The Morgan fingerprint density at radius 3 is 2.65 bits per heavy atom. The summed E-state index contributed by atoms with van der Waals surface area (Å²) in [6.07, 6.45) is 5.50. The molecule has 20 heavy (non-hydrogen) atoms. The van der Waals surface area contributed by atoms with E-state index in [9.17, 15) is 0 Å². The number of aromatic amines is 1. The number of hydrogen-bond acceptors (Lipinski definition) is 3. The van der Waals surface area contributed by atoms with Crippen LogP contribution in [0.3, 0.4) is 0 Å². The lowest BCUT2D eigenvalue weighted by atomic mass is 10.1. The molecule has 0 radical (unpaired) electrons. The summed E-state index contributed by atoms with van der Waals surface area (Å²) in [5, 5.41) is 0. The second-order valence-electron chi connectivity index (χ2n) is 4.62. The van der Waals surface area contributed by atoms with Crippen molar-refractivity contribution in [2.24, 2.45) is 0 Å². The molecule has 3 heterocycles. The van der Waals surface area contributed by atoms with Gasteiger partial charge in [0.05, 0.1) is 5.69 Å². The minimum atomic E-state index is 0.806. The van der Waals surface area contributed by atoms with E-state index in [1.165, 1.54) is 0 Å². The SMILES string of the molecule is Cc1nc(-c2cc(-c3cncc(I)c3)ccn2)[nH]c1C. The molecular formula is C15H13IN4. The number of nitrogens with one attached hydrogen (secondary N) is 1. The second kappa shape index (κ2) is 5.32. The van der Waals surface area contributed by atoms with Crippen molar-refractivity contribution >= 4 is 22.6 Å². The van der Waals surface area contributed by atoms with E-state index in [1.54, 1.807) is 6.20 Å². The average Bonchev–Trinajstić information content (AvgIpc) is 2.79. The van der Waals surface area contributed by atoms with E-state index in [1.807, 2.05) is 38.4 Å². The minimum absolute atomic E-state index is 0.806. The molecule has 5 heteroatoms. The monoisotopic (exact) mass is 376 g/mol. The van der Waals surface area contributed by atoms with Gasteiger partial charge in [-0.05, 0) is 60.2 Å². The third-order valence-electron chi connectivity index (χ3n) is 3.17. The summed E-state index contributed by atoms with van der Waals surface area (Å²) in [6, 6.07) is 6.12. The fraction of sp³-hybridized carbons (Fsp3) is 0.133. The van der Waals surface area contributed by atoms with Crippen LogP contribution < -0.4 is 0 Å². The Bertz CT molecular complexity index is 745. The van der Waals surface area contributed by atoms with Crippen molar-refractivity contribution in [3.63, 3.8) is 0 Å². The molecule has 0 spiro atoms. The smallest absolute Gasteiger partial charge is 0.156 e. The molecule has 3 rings (SSSR count). The Balaban J connectivity index is 2.05. The molecule has 0 atom stereocenters. The fourth-order valence-corrected chi connectivity index (χ4v) is 2.47. The van der Waals surface area contributed by atoms with E-state index in [0.717, 1.165) is 37.6 Å². The van der Waals surface area contributed by atoms with E-state index >= 15 is 0 Å². The van der Waals surface area contributed by atoms with Gasteiger partial charge < -0.3 is 4.98 Å². The lowest BCUT2D eigenvalue weighted by Crippen LogP contribution is -1.88. The standard InChI is InChI=1S/C15H13IN4/c1-9-10(2)20-15(19-9)14-6-11(3-4-18-14)12-5-13(16)8-17-7-12/h3-8H,1-2H3,(H,19,20). The van der Waals surface area contributed by atoms with Crippen LogP contribution in [0.2, 0.25) is 0 Å². The maximum absolute atomic E-state index is 4.50. The van der Waals surface area contributed by atoms with Gasteiger partial charge in [-0.15, -0.1) is 0 Å². The van der Waals surface area contributed by atoms with E-state index in [4.69, 9.17) is 0 Å². The molecule has 0 saturated carbocycles. The summed E-state index contributed by atoms with van der Waals surface area (Å²) < 4.78 is 1.11. The molecule has 100 valence electrons. The summed E-state index contributed by atoms with van der Waals surface area (Å²) in [6.45, 7) is 4.00. The third kappa shape index (κ3) is 2.58. The average molecular weight is 376 g/mol. The number of imidazole rings is 1. The number of hydrogen-bond donors (Lipinski definition) is 1. The van der Waals surface area contributed by atoms with Crippen LogP contribution in [0.15, 0.2) is 36.8 Å². The van der Waals surface area contributed by atoms with Gasteiger partial charge in [0.2, 0.25) is 0 Å². The summed E-state index contributed by atoms with van der Waals surface area (Å²) in [7, 11) is 0. The van der Waals surface area contributed by atoms with Gasteiger partial charge in [0.1, 0.15) is 5.69 Å². The number of rotatable bonds is 2. The normalized spacial score (nSPS) is 10.8. The highest BCUT2D eigenvalue weighted by Crippen LogP contribution is 2.24. The lowest BCUT2D eigenvalue weighted by Gasteiger charge is -2.03. The van der Waals surface area contributed by atoms with E-state index < -0.39 is 0 Å². The molecule has 0 amide bonds. The molecule has 3 aromatic rings. The van der Waals surface area contributed by atoms with E-state index in [0.29, 0.717) is 0 Å². The molecule has 0 bridgehead atoms.